The van der Waals surface area contributed by atoms with Crippen molar-refractivity contribution in [3.63, 3.8) is 0 Å². The molecule has 4 nitrogen and oxygen atoms in total. The Balaban J connectivity index is 2.81. The molecule has 0 aliphatic carbocycles. The summed E-state index contributed by atoms with van der Waals surface area (Å²) >= 11 is 0. The number of rotatable bonds is 6. The smallest absolute Gasteiger partial charge is 0.332 e. The number of esters is 1. The molecule has 0 N–H and O–H groups in total. The molecule has 3 unspecified atom stereocenters. The normalized spacial score (nSPS) is 29.4. The molecule has 0 saturated carbocycles. The van der Waals surface area contributed by atoms with Crippen molar-refractivity contribution in [2.24, 2.45) is 0 Å². The summed E-state index contributed by atoms with van der Waals surface area (Å²) in [6, 6.07) is 1.27. The highest BCUT2D eigenvalue weighted by molar-refractivity contribution is 7.38. The van der Waals surface area contributed by atoms with Crippen molar-refractivity contribution in [3.05, 3.63) is 12.7 Å². The first-order valence-corrected chi connectivity index (χ1v) is 15.3. The minimum Gasteiger partial charge on any atom is -0.433 e. The van der Waals surface area contributed by atoms with Gasteiger partial charge in [0.2, 0.25) is 6.29 Å². The molecule has 1 rings (SSSR count). The predicted molar refractivity (Wildman–Crippen MR) is 94.8 cm³/mol. The van der Waals surface area contributed by atoms with Gasteiger partial charge in [-0.3, -0.25) is 0 Å². The average molecular weight is 345 g/mol. The minimum absolute atomic E-state index is 0.0722. The maximum absolute atomic E-state index is 11.3. The summed E-state index contributed by atoms with van der Waals surface area (Å²) in [5.41, 5.74) is -0.290. The number of hydrogen-bond acceptors (Lipinski definition) is 4. The molecular formula is C16H32O4Si2. The molecule has 0 aromatic heterocycles. The molecule has 1 aliphatic rings. The Labute approximate surface area is 137 Å². The van der Waals surface area contributed by atoms with E-state index >= 15 is 0 Å². The second kappa shape index (κ2) is 6.99. The zero-order valence-corrected chi connectivity index (χ0v) is 17.2. The Morgan fingerprint density at radius 2 is 2.00 bits per heavy atom. The van der Waals surface area contributed by atoms with Crippen molar-refractivity contribution in [3.8, 4) is 0 Å². The van der Waals surface area contributed by atoms with Crippen LogP contribution in [0.3, 0.4) is 0 Å². The van der Waals surface area contributed by atoms with E-state index in [0.717, 1.165) is 18.9 Å². The van der Waals surface area contributed by atoms with Gasteiger partial charge in [-0.05, 0) is 39.8 Å². The second-order valence-electron chi connectivity index (χ2n) is 7.55. The zero-order chi connectivity index (χ0) is 17.2. The first kappa shape index (κ1) is 19.6. The first-order chi connectivity index (χ1) is 9.97. The topological polar surface area (TPSA) is 44.8 Å². The van der Waals surface area contributed by atoms with Crippen LogP contribution < -0.4 is 0 Å². The highest BCUT2D eigenvalue weighted by atomic mass is 29.3. The molecule has 22 heavy (non-hydrogen) atoms. The molecule has 0 radical (unpaired) electrons. The minimum atomic E-state index is -1.69. The molecule has 0 bridgehead atoms. The van der Waals surface area contributed by atoms with Crippen LogP contribution in [0.2, 0.25) is 32.2 Å². The van der Waals surface area contributed by atoms with Crippen molar-refractivity contribution >= 4 is 21.4 Å². The van der Waals surface area contributed by atoms with Crippen molar-refractivity contribution in [1.29, 1.82) is 0 Å². The average Bonchev–Trinajstić information content (AvgIpc) is 2.40. The summed E-state index contributed by atoms with van der Waals surface area (Å²) in [6.45, 7) is 19.0. The number of carbonyl (C=O) groups excluding carboxylic acids is 1. The van der Waals surface area contributed by atoms with Crippen molar-refractivity contribution in [2.75, 3.05) is 0 Å². The molecular weight excluding hydrogens is 312 g/mol. The van der Waals surface area contributed by atoms with Crippen LogP contribution in [0.4, 0.5) is 0 Å². The van der Waals surface area contributed by atoms with Crippen LogP contribution in [0, 0.1) is 0 Å². The van der Waals surface area contributed by atoms with Crippen molar-refractivity contribution in [2.45, 2.75) is 83.8 Å². The lowest BCUT2D eigenvalue weighted by molar-refractivity contribution is -0.203. The largest absolute Gasteiger partial charge is 0.433 e. The van der Waals surface area contributed by atoms with Crippen LogP contribution >= 0.6 is 0 Å². The third kappa shape index (κ3) is 4.31. The van der Waals surface area contributed by atoms with Crippen LogP contribution in [-0.4, -0.2) is 39.4 Å². The van der Waals surface area contributed by atoms with Crippen LogP contribution in [0.5, 0.6) is 0 Å². The molecule has 0 amide bonds. The van der Waals surface area contributed by atoms with E-state index in [4.69, 9.17) is 13.9 Å². The predicted octanol–water partition coefficient (Wildman–Crippen LogP) is 4.03. The lowest BCUT2D eigenvalue weighted by Crippen LogP contribution is -2.67. The van der Waals surface area contributed by atoms with Gasteiger partial charge in [-0.15, -0.1) is 0 Å². The van der Waals surface area contributed by atoms with E-state index < -0.39 is 27.7 Å². The molecule has 3 atom stereocenters. The van der Waals surface area contributed by atoms with E-state index in [1.807, 2.05) is 0 Å². The van der Waals surface area contributed by atoms with E-state index in [0.29, 0.717) is 0 Å². The summed E-state index contributed by atoms with van der Waals surface area (Å²) in [5.74, 6) is -0.458. The number of carbonyl (C=O) groups is 1. The monoisotopic (exact) mass is 344 g/mol. The highest BCUT2D eigenvalue weighted by Crippen LogP contribution is 2.42. The van der Waals surface area contributed by atoms with Gasteiger partial charge in [0.1, 0.15) is 0 Å². The summed E-state index contributed by atoms with van der Waals surface area (Å²) < 4.78 is 17.8. The summed E-state index contributed by atoms with van der Waals surface area (Å²) in [5, 5.41) is 0. The molecule has 1 aliphatic heterocycles. The fourth-order valence-corrected chi connectivity index (χ4v) is 10.1. The Kier molecular flexibility index (Phi) is 6.23. The summed E-state index contributed by atoms with van der Waals surface area (Å²) in [4.78, 5) is 11.3. The van der Waals surface area contributed by atoms with E-state index in [1.165, 1.54) is 6.04 Å². The third-order valence-corrected chi connectivity index (χ3v) is 21.8. The maximum Gasteiger partial charge on any atom is 0.332 e. The van der Waals surface area contributed by atoms with Crippen molar-refractivity contribution < 1.29 is 18.7 Å². The van der Waals surface area contributed by atoms with Gasteiger partial charge in [0, 0.05) is 6.08 Å². The standard InChI is InChI=1S/C16H32O4Si2/c1-9-14(18-13(3)19-15(17)10-2)16(4)11-12-21(5,6)22(7,8)20-16/h10,13-14H,2,9,11-12H2,1,3-8H3. The van der Waals surface area contributed by atoms with Gasteiger partial charge in [0.25, 0.3) is 0 Å². The van der Waals surface area contributed by atoms with E-state index in [-0.39, 0.29) is 11.7 Å². The van der Waals surface area contributed by atoms with Crippen LogP contribution in [0.15, 0.2) is 12.7 Å². The van der Waals surface area contributed by atoms with Gasteiger partial charge < -0.3 is 13.9 Å². The van der Waals surface area contributed by atoms with Crippen LogP contribution in [-0.2, 0) is 18.7 Å². The van der Waals surface area contributed by atoms with Gasteiger partial charge >= 0.3 is 5.97 Å². The Morgan fingerprint density at radius 1 is 1.41 bits per heavy atom. The first-order valence-electron chi connectivity index (χ1n) is 8.16. The highest BCUT2D eigenvalue weighted by Gasteiger charge is 2.54. The number of hydrogen-bond donors (Lipinski definition) is 0. The van der Waals surface area contributed by atoms with Gasteiger partial charge in [-0.2, -0.15) is 0 Å². The molecule has 1 saturated heterocycles. The van der Waals surface area contributed by atoms with Crippen LogP contribution in [0.25, 0.3) is 0 Å². The lowest BCUT2D eigenvalue weighted by atomic mass is 9.94. The zero-order valence-electron chi connectivity index (χ0n) is 15.2. The van der Waals surface area contributed by atoms with Gasteiger partial charge in [-0.25, -0.2) is 4.79 Å². The molecule has 0 spiro atoms. The van der Waals surface area contributed by atoms with E-state index in [9.17, 15) is 4.79 Å². The molecule has 128 valence electrons. The third-order valence-electron chi connectivity index (χ3n) is 5.22. The summed E-state index contributed by atoms with van der Waals surface area (Å²) in [7, 11) is -2.96. The summed E-state index contributed by atoms with van der Waals surface area (Å²) in [6.07, 6.45) is 2.34. The van der Waals surface area contributed by atoms with Gasteiger partial charge in [0.15, 0.2) is 7.83 Å². The SMILES string of the molecule is C=CC(=O)OC(C)OC(CC)C1(C)CC[Si](C)(C)[Si](C)(C)O1. The van der Waals surface area contributed by atoms with Crippen molar-refractivity contribution in [1.82, 2.24) is 0 Å². The van der Waals surface area contributed by atoms with E-state index in [1.54, 1.807) is 6.92 Å². The van der Waals surface area contributed by atoms with Gasteiger partial charge in [-0.1, -0.05) is 32.6 Å². The molecule has 1 heterocycles. The molecule has 0 aromatic rings. The fraction of sp³-hybridized carbons (Fsp3) is 0.812. The Bertz CT molecular complexity index is 422. The Hall–Kier alpha value is -0.436. The van der Waals surface area contributed by atoms with Gasteiger partial charge in [0.05, 0.1) is 19.3 Å². The lowest BCUT2D eigenvalue weighted by Gasteiger charge is -2.53. The second-order valence-corrected chi connectivity index (χ2v) is 22.7. The quantitative estimate of drug-likeness (QED) is 0.316. The molecule has 0 aromatic carbocycles. The Morgan fingerprint density at radius 3 is 2.45 bits per heavy atom. The molecule has 6 heteroatoms. The van der Waals surface area contributed by atoms with E-state index in [2.05, 4.69) is 46.6 Å². The molecule has 1 fully saturated rings. The maximum atomic E-state index is 11.3. The number of ether oxygens (including phenoxy) is 2. The fourth-order valence-electron chi connectivity index (χ4n) is 3.00. The van der Waals surface area contributed by atoms with Crippen LogP contribution in [0.1, 0.15) is 33.6 Å².